The van der Waals surface area contributed by atoms with Crippen molar-refractivity contribution in [1.29, 1.82) is 0 Å². The Morgan fingerprint density at radius 1 is 0.846 bits per heavy atom. The Bertz CT molecular complexity index is 1610. The number of carbonyl (C=O) groups excluding carboxylic acids is 3. The fourth-order valence-electron chi connectivity index (χ4n) is 4.33. The second kappa shape index (κ2) is 10.1. The lowest BCUT2D eigenvalue weighted by Crippen LogP contribution is -2.35. The SMILES string of the molecule is COc1cc2nccc(Oc3ccc(NC(=O)C4(C(=O)Nc5ccc(C)c(C)c5)CC4)cc3)c2cc1C(N)=O. The van der Waals surface area contributed by atoms with Gasteiger partial charge in [-0.1, -0.05) is 6.07 Å². The van der Waals surface area contributed by atoms with E-state index in [9.17, 15) is 14.4 Å². The zero-order valence-corrected chi connectivity index (χ0v) is 21.8. The molecule has 0 bridgehead atoms. The van der Waals surface area contributed by atoms with Crippen molar-refractivity contribution < 1.29 is 23.9 Å². The molecule has 9 nitrogen and oxygen atoms in total. The predicted molar refractivity (Wildman–Crippen MR) is 148 cm³/mol. The number of anilines is 2. The number of aryl methyl sites for hydroxylation is 2. The van der Waals surface area contributed by atoms with Gasteiger partial charge in [-0.25, -0.2) is 0 Å². The Morgan fingerprint density at radius 2 is 1.51 bits per heavy atom. The van der Waals surface area contributed by atoms with E-state index in [0.717, 1.165) is 11.1 Å². The van der Waals surface area contributed by atoms with Crippen LogP contribution < -0.4 is 25.8 Å². The monoisotopic (exact) mass is 524 g/mol. The van der Waals surface area contributed by atoms with Crippen LogP contribution in [0, 0.1) is 19.3 Å². The number of methoxy groups -OCH3 is 1. The molecule has 1 aliphatic carbocycles. The maximum absolute atomic E-state index is 13.1. The van der Waals surface area contributed by atoms with E-state index >= 15 is 0 Å². The first-order chi connectivity index (χ1) is 18.7. The van der Waals surface area contributed by atoms with Gasteiger partial charge in [-0.3, -0.25) is 19.4 Å². The van der Waals surface area contributed by atoms with Gasteiger partial charge in [0.25, 0.3) is 5.91 Å². The topological polar surface area (TPSA) is 133 Å². The van der Waals surface area contributed by atoms with Crippen LogP contribution in [0.5, 0.6) is 17.2 Å². The molecule has 4 aromatic rings. The first kappa shape index (κ1) is 25.7. The molecule has 4 N–H and O–H groups in total. The molecular weight excluding hydrogens is 496 g/mol. The number of nitrogens with zero attached hydrogens (tertiary/aromatic N) is 1. The number of nitrogens with two attached hydrogens (primary N) is 1. The molecule has 0 aliphatic heterocycles. The summed E-state index contributed by atoms with van der Waals surface area (Å²) in [4.78, 5) is 42.2. The molecule has 1 aliphatic rings. The van der Waals surface area contributed by atoms with Gasteiger partial charge in [-0.15, -0.1) is 0 Å². The van der Waals surface area contributed by atoms with Gasteiger partial charge in [-0.05, 0) is 86.3 Å². The minimum absolute atomic E-state index is 0.219. The number of hydrogen-bond acceptors (Lipinski definition) is 6. The van der Waals surface area contributed by atoms with Gasteiger partial charge >= 0.3 is 0 Å². The highest BCUT2D eigenvalue weighted by Gasteiger charge is 2.56. The van der Waals surface area contributed by atoms with Crippen molar-refractivity contribution in [2.45, 2.75) is 26.7 Å². The van der Waals surface area contributed by atoms with Crippen LogP contribution in [0.15, 0.2) is 66.9 Å². The smallest absolute Gasteiger partial charge is 0.252 e. The largest absolute Gasteiger partial charge is 0.496 e. The van der Waals surface area contributed by atoms with Crippen LogP contribution in [0.1, 0.15) is 34.3 Å². The number of aromatic nitrogens is 1. The molecule has 5 rings (SSSR count). The van der Waals surface area contributed by atoms with Crippen molar-refractivity contribution in [2.75, 3.05) is 17.7 Å². The third-order valence-electron chi connectivity index (χ3n) is 7.01. The summed E-state index contributed by atoms with van der Waals surface area (Å²) in [5, 5.41) is 6.33. The summed E-state index contributed by atoms with van der Waals surface area (Å²) in [6, 6.07) is 17.4. The Kier molecular flexibility index (Phi) is 6.66. The average molecular weight is 525 g/mol. The highest BCUT2D eigenvalue weighted by atomic mass is 16.5. The van der Waals surface area contributed by atoms with Crippen molar-refractivity contribution in [3.63, 3.8) is 0 Å². The van der Waals surface area contributed by atoms with Gasteiger partial charge in [0.1, 0.15) is 22.7 Å². The molecule has 3 aromatic carbocycles. The van der Waals surface area contributed by atoms with Crippen LogP contribution in [0.4, 0.5) is 11.4 Å². The lowest BCUT2D eigenvalue weighted by Gasteiger charge is -2.16. The zero-order chi connectivity index (χ0) is 27.7. The molecular formula is C30H28N4O5. The number of hydrogen-bond donors (Lipinski definition) is 3. The minimum Gasteiger partial charge on any atom is -0.496 e. The van der Waals surface area contributed by atoms with E-state index in [1.807, 2.05) is 32.0 Å². The summed E-state index contributed by atoms with van der Waals surface area (Å²) < 4.78 is 11.3. The van der Waals surface area contributed by atoms with Crippen LogP contribution in [0.25, 0.3) is 10.9 Å². The van der Waals surface area contributed by atoms with Crippen molar-refractivity contribution in [2.24, 2.45) is 11.1 Å². The fraction of sp³-hybridized carbons (Fsp3) is 0.200. The molecule has 1 fully saturated rings. The van der Waals surface area contributed by atoms with Crippen LogP contribution in [0.3, 0.4) is 0 Å². The van der Waals surface area contributed by atoms with Crippen LogP contribution >= 0.6 is 0 Å². The number of pyridine rings is 1. The van der Waals surface area contributed by atoms with Crippen LogP contribution in [-0.4, -0.2) is 29.8 Å². The number of primary amides is 1. The first-order valence-electron chi connectivity index (χ1n) is 12.4. The number of ether oxygens (including phenoxy) is 2. The molecule has 1 heterocycles. The zero-order valence-electron chi connectivity index (χ0n) is 21.8. The summed E-state index contributed by atoms with van der Waals surface area (Å²) in [5.74, 6) is 0.0355. The fourth-order valence-corrected chi connectivity index (χ4v) is 4.33. The van der Waals surface area contributed by atoms with Crippen molar-refractivity contribution in [3.05, 3.63) is 83.6 Å². The van der Waals surface area contributed by atoms with Gasteiger partial charge in [0.05, 0.1) is 18.2 Å². The molecule has 39 heavy (non-hydrogen) atoms. The standard InChI is InChI=1S/C30H28N4O5/c1-17-4-5-20(14-18(17)2)34-29(37)30(11-12-30)28(36)33-19-6-8-21(9-7-19)39-25-10-13-32-24-16-26(38-3)23(27(31)35)15-22(24)25/h4-10,13-16H,11-12H2,1-3H3,(H2,31,35)(H,33,36)(H,34,37). The molecule has 9 heteroatoms. The molecule has 0 atom stereocenters. The van der Waals surface area contributed by atoms with Crippen molar-refractivity contribution in [1.82, 2.24) is 4.98 Å². The van der Waals surface area contributed by atoms with E-state index in [4.69, 9.17) is 15.2 Å². The Hall–Kier alpha value is -4.92. The minimum atomic E-state index is -1.08. The summed E-state index contributed by atoms with van der Waals surface area (Å²) in [6.45, 7) is 3.98. The quantitative estimate of drug-likeness (QED) is 0.275. The third kappa shape index (κ3) is 5.11. The Balaban J connectivity index is 1.28. The summed E-state index contributed by atoms with van der Waals surface area (Å²) in [5.41, 5.74) is 8.63. The Labute approximate surface area is 225 Å². The van der Waals surface area contributed by atoms with Crippen LogP contribution in [-0.2, 0) is 9.59 Å². The maximum atomic E-state index is 13.1. The molecule has 1 saturated carbocycles. The lowest BCUT2D eigenvalue weighted by molar-refractivity contribution is -0.131. The summed E-state index contributed by atoms with van der Waals surface area (Å²) >= 11 is 0. The molecule has 0 unspecified atom stereocenters. The molecule has 1 aromatic heterocycles. The number of fused-ring (bicyclic) bond motifs is 1. The van der Waals surface area contributed by atoms with E-state index in [1.54, 1.807) is 48.7 Å². The van der Waals surface area contributed by atoms with Crippen LogP contribution in [0.2, 0.25) is 0 Å². The van der Waals surface area contributed by atoms with Gasteiger partial charge < -0.3 is 25.8 Å². The third-order valence-corrected chi connectivity index (χ3v) is 7.01. The van der Waals surface area contributed by atoms with E-state index in [0.29, 0.717) is 52.4 Å². The number of benzene rings is 3. The highest BCUT2D eigenvalue weighted by Crippen LogP contribution is 2.47. The lowest BCUT2D eigenvalue weighted by atomic mass is 10.0. The molecule has 0 radical (unpaired) electrons. The van der Waals surface area contributed by atoms with Crippen molar-refractivity contribution in [3.8, 4) is 17.2 Å². The van der Waals surface area contributed by atoms with Gasteiger partial charge in [-0.2, -0.15) is 0 Å². The Morgan fingerprint density at radius 3 is 2.13 bits per heavy atom. The van der Waals surface area contributed by atoms with Gasteiger partial charge in [0.15, 0.2) is 0 Å². The second-order valence-corrected chi connectivity index (χ2v) is 9.66. The molecule has 3 amide bonds. The van der Waals surface area contributed by atoms with E-state index in [1.165, 1.54) is 7.11 Å². The van der Waals surface area contributed by atoms with Crippen molar-refractivity contribution >= 4 is 40.0 Å². The molecule has 0 spiro atoms. The van der Waals surface area contributed by atoms with Gasteiger partial charge in [0.2, 0.25) is 11.8 Å². The van der Waals surface area contributed by atoms with E-state index < -0.39 is 11.3 Å². The number of carbonyl (C=O) groups is 3. The number of rotatable bonds is 8. The predicted octanol–water partition coefficient (Wildman–Crippen LogP) is 5.11. The summed E-state index contributed by atoms with van der Waals surface area (Å²) in [7, 11) is 1.46. The number of nitrogens with one attached hydrogen (secondary N) is 2. The summed E-state index contributed by atoms with van der Waals surface area (Å²) in [6.07, 6.45) is 2.57. The van der Waals surface area contributed by atoms with E-state index in [-0.39, 0.29) is 17.4 Å². The normalized spacial score (nSPS) is 13.4. The molecule has 0 saturated heterocycles. The van der Waals surface area contributed by atoms with Gasteiger partial charge in [0, 0.05) is 29.0 Å². The first-order valence-corrected chi connectivity index (χ1v) is 12.4. The highest BCUT2D eigenvalue weighted by molar-refractivity contribution is 6.17. The average Bonchev–Trinajstić information content (AvgIpc) is 3.74. The van der Waals surface area contributed by atoms with E-state index in [2.05, 4.69) is 15.6 Å². The second-order valence-electron chi connectivity index (χ2n) is 9.66. The molecule has 198 valence electrons. The maximum Gasteiger partial charge on any atom is 0.252 e. The number of amides is 3.